The van der Waals surface area contributed by atoms with Crippen molar-refractivity contribution in [2.24, 2.45) is 0 Å². The molecule has 0 saturated heterocycles. The Morgan fingerprint density at radius 1 is 1.54 bits per heavy atom. The molecule has 0 aromatic carbocycles. The second-order valence-corrected chi connectivity index (χ2v) is 3.99. The van der Waals surface area contributed by atoms with E-state index in [9.17, 15) is 0 Å². The van der Waals surface area contributed by atoms with Crippen LogP contribution >= 0.6 is 11.3 Å². The molecule has 0 aliphatic heterocycles. The molecule has 0 bridgehead atoms. The Balaban J connectivity index is 2.52. The third-order valence-corrected chi connectivity index (χ3v) is 2.85. The van der Waals surface area contributed by atoms with Crippen LogP contribution in [0, 0.1) is 0 Å². The Morgan fingerprint density at radius 3 is 3.00 bits per heavy atom. The van der Waals surface area contributed by atoms with E-state index in [0.717, 1.165) is 0 Å². The molecule has 70 valence electrons. The molecular weight excluding hydrogens is 176 g/mol. The molecule has 0 N–H and O–H groups in total. The van der Waals surface area contributed by atoms with Gasteiger partial charge in [-0.05, 0) is 30.4 Å². The monoisotopic (exact) mass is 192 g/mol. The third kappa shape index (κ3) is 3.60. The summed E-state index contributed by atoms with van der Waals surface area (Å²) < 4.78 is 0. The highest BCUT2D eigenvalue weighted by molar-refractivity contribution is 7.11. The topological polar surface area (TPSA) is 0 Å². The summed E-state index contributed by atoms with van der Waals surface area (Å²) in [5.74, 6) is 0. The van der Waals surface area contributed by atoms with Crippen LogP contribution in [0.5, 0.6) is 0 Å². The van der Waals surface area contributed by atoms with Gasteiger partial charge in [0.1, 0.15) is 0 Å². The zero-order chi connectivity index (χ0) is 9.52. The van der Waals surface area contributed by atoms with Gasteiger partial charge in [0.15, 0.2) is 0 Å². The second kappa shape index (κ2) is 5.76. The molecule has 1 heterocycles. The number of thiophene rings is 1. The van der Waals surface area contributed by atoms with Crippen molar-refractivity contribution in [1.82, 2.24) is 0 Å². The van der Waals surface area contributed by atoms with Crippen LogP contribution in [0.2, 0.25) is 0 Å². The number of rotatable bonds is 4. The first-order valence-electron chi connectivity index (χ1n) is 4.72. The van der Waals surface area contributed by atoms with Gasteiger partial charge in [0.05, 0.1) is 0 Å². The number of hydrogen-bond donors (Lipinski definition) is 0. The maximum atomic E-state index is 2.22. The highest BCUT2D eigenvalue weighted by Gasteiger charge is 1.92. The van der Waals surface area contributed by atoms with Gasteiger partial charge in [0.2, 0.25) is 0 Å². The molecule has 0 unspecified atom stereocenters. The summed E-state index contributed by atoms with van der Waals surface area (Å²) in [7, 11) is 0. The van der Waals surface area contributed by atoms with Crippen molar-refractivity contribution in [1.29, 1.82) is 0 Å². The fourth-order valence-corrected chi connectivity index (χ4v) is 1.78. The lowest BCUT2D eigenvalue weighted by molar-refractivity contribution is 0.959. The lowest BCUT2D eigenvalue weighted by atomic mass is 10.2. The molecule has 0 amide bonds. The van der Waals surface area contributed by atoms with Crippen molar-refractivity contribution >= 4 is 16.9 Å². The molecule has 1 rings (SSSR count). The predicted molar refractivity (Wildman–Crippen MR) is 62.0 cm³/mol. The fourth-order valence-electron chi connectivity index (χ4n) is 1.06. The van der Waals surface area contributed by atoms with Crippen LogP contribution in [-0.4, -0.2) is 0 Å². The van der Waals surface area contributed by atoms with E-state index in [4.69, 9.17) is 0 Å². The molecule has 0 atom stereocenters. The second-order valence-electron chi connectivity index (χ2n) is 3.04. The highest BCUT2D eigenvalue weighted by atomic mass is 32.1. The maximum Gasteiger partial charge on any atom is 0.0299 e. The van der Waals surface area contributed by atoms with Gasteiger partial charge in [-0.1, -0.05) is 37.6 Å². The zero-order valence-corrected chi connectivity index (χ0v) is 9.10. The van der Waals surface area contributed by atoms with E-state index in [1.165, 1.54) is 23.3 Å². The molecule has 0 radical (unpaired) electrons. The molecule has 1 heteroatoms. The van der Waals surface area contributed by atoms with Crippen LogP contribution in [-0.2, 0) is 0 Å². The number of hydrogen-bond acceptors (Lipinski definition) is 1. The van der Waals surface area contributed by atoms with Crippen LogP contribution in [0.1, 0.15) is 31.6 Å². The average Bonchev–Trinajstić information content (AvgIpc) is 2.65. The van der Waals surface area contributed by atoms with Crippen LogP contribution < -0.4 is 0 Å². The summed E-state index contributed by atoms with van der Waals surface area (Å²) in [6.45, 7) is 4.35. The quantitative estimate of drug-likeness (QED) is 0.616. The Hall–Kier alpha value is -0.820. The summed E-state index contributed by atoms with van der Waals surface area (Å²) in [6, 6.07) is 4.25. The Kier molecular flexibility index (Phi) is 4.55. The van der Waals surface area contributed by atoms with E-state index < -0.39 is 0 Å². The molecular formula is C12H16S. The van der Waals surface area contributed by atoms with Gasteiger partial charge < -0.3 is 0 Å². The summed E-state index contributed by atoms with van der Waals surface area (Å²) in [4.78, 5) is 1.36. The van der Waals surface area contributed by atoms with Crippen molar-refractivity contribution in [3.63, 3.8) is 0 Å². The van der Waals surface area contributed by atoms with Crippen molar-refractivity contribution in [2.75, 3.05) is 0 Å². The first-order chi connectivity index (χ1) is 6.34. The van der Waals surface area contributed by atoms with Gasteiger partial charge >= 0.3 is 0 Å². The summed E-state index contributed by atoms with van der Waals surface area (Å²) in [5.41, 5.74) is 1.35. The van der Waals surface area contributed by atoms with E-state index in [0.29, 0.717) is 0 Å². The average molecular weight is 192 g/mol. The van der Waals surface area contributed by atoms with Crippen LogP contribution in [0.25, 0.3) is 5.57 Å². The molecule has 0 spiro atoms. The van der Waals surface area contributed by atoms with Crippen LogP contribution in [0.15, 0.2) is 35.7 Å². The van der Waals surface area contributed by atoms with Gasteiger partial charge in [-0.3, -0.25) is 0 Å². The number of unbranched alkanes of at least 4 members (excludes halogenated alkanes) is 1. The minimum Gasteiger partial charge on any atom is -0.144 e. The molecule has 0 saturated carbocycles. The molecule has 0 fully saturated rings. The van der Waals surface area contributed by atoms with Crippen LogP contribution in [0.3, 0.4) is 0 Å². The standard InChI is InChI=1S/C12H16S/c1-3-4-5-6-8-11(2)12-9-7-10-13-12/h5-10H,3-4H2,1-2H3/b6-5-,11-8+. The van der Waals surface area contributed by atoms with Crippen molar-refractivity contribution in [2.45, 2.75) is 26.7 Å². The largest absolute Gasteiger partial charge is 0.144 e. The summed E-state index contributed by atoms with van der Waals surface area (Å²) in [5, 5.41) is 2.11. The third-order valence-electron chi connectivity index (χ3n) is 1.85. The van der Waals surface area contributed by atoms with Gasteiger partial charge in [-0.15, -0.1) is 11.3 Å². The summed E-state index contributed by atoms with van der Waals surface area (Å²) >= 11 is 1.79. The SMILES string of the molecule is CCC/C=C\C=C(/C)c1cccs1. The first-order valence-corrected chi connectivity index (χ1v) is 5.60. The molecule has 13 heavy (non-hydrogen) atoms. The van der Waals surface area contributed by atoms with E-state index in [1.807, 2.05) is 0 Å². The lowest BCUT2D eigenvalue weighted by Gasteiger charge is -1.92. The molecule has 0 aliphatic carbocycles. The molecule has 0 nitrogen and oxygen atoms in total. The summed E-state index contributed by atoms with van der Waals surface area (Å²) in [6.07, 6.45) is 8.95. The van der Waals surface area contributed by atoms with Gasteiger partial charge in [-0.25, -0.2) is 0 Å². The smallest absolute Gasteiger partial charge is 0.0299 e. The van der Waals surface area contributed by atoms with Gasteiger partial charge in [0.25, 0.3) is 0 Å². The van der Waals surface area contributed by atoms with Crippen LogP contribution in [0.4, 0.5) is 0 Å². The van der Waals surface area contributed by atoms with E-state index >= 15 is 0 Å². The fraction of sp³-hybridized carbons (Fsp3) is 0.333. The van der Waals surface area contributed by atoms with E-state index in [2.05, 4.69) is 49.6 Å². The van der Waals surface area contributed by atoms with E-state index in [-0.39, 0.29) is 0 Å². The van der Waals surface area contributed by atoms with Gasteiger partial charge in [0, 0.05) is 4.88 Å². The normalized spacial score (nSPS) is 12.6. The maximum absolute atomic E-state index is 2.22. The first kappa shape index (κ1) is 10.3. The molecule has 1 aromatic heterocycles. The lowest BCUT2D eigenvalue weighted by Crippen LogP contribution is -1.68. The highest BCUT2D eigenvalue weighted by Crippen LogP contribution is 2.19. The van der Waals surface area contributed by atoms with Crippen molar-refractivity contribution < 1.29 is 0 Å². The van der Waals surface area contributed by atoms with Gasteiger partial charge in [-0.2, -0.15) is 0 Å². The zero-order valence-electron chi connectivity index (χ0n) is 8.29. The number of allylic oxidation sites excluding steroid dienone is 4. The predicted octanol–water partition coefficient (Wildman–Crippen LogP) is 4.51. The Bertz CT molecular complexity index is 278. The van der Waals surface area contributed by atoms with Crippen molar-refractivity contribution in [3.05, 3.63) is 40.6 Å². The minimum atomic E-state index is 1.17. The Morgan fingerprint density at radius 2 is 2.38 bits per heavy atom. The minimum absolute atomic E-state index is 1.17. The van der Waals surface area contributed by atoms with Crippen molar-refractivity contribution in [3.8, 4) is 0 Å². The Labute approximate surface area is 84.6 Å². The molecule has 1 aromatic rings. The van der Waals surface area contributed by atoms with E-state index in [1.54, 1.807) is 11.3 Å². The molecule has 0 aliphatic rings.